The van der Waals surface area contributed by atoms with Crippen LogP contribution in [-0.4, -0.2) is 23.8 Å². The van der Waals surface area contributed by atoms with Crippen molar-refractivity contribution in [3.05, 3.63) is 95.6 Å². The monoisotopic (exact) mass is 377 g/mol. The van der Waals surface area contributed by atoms with Gasteiger partial charge in [-0.25, -0.2) is 4.39 Å². The molecular formula is C22H20FN3O2. The van der Waals surface area contributed by atoms with E-state index in [0.717, 1.165) is 5.69 Å². The van der Waals surface area contributed by atoms with Crippen LogP contribution in [0.3, 0.4) is 0 Å². The lowest BCUT2D eigenvalue weighted by Gasteiger charge is -2.18. The quantitative estimate of drug-likeness (QED) is 0.690. The van der Waals surface area contributed by atoms with Crippen molar-refractivity contribution in [3.8, 4) is 0 Å². The molecule has 1 heterocycles. The van der Waals surface area contributed by atoms with Crippen LogP contribution in [0.5, 0.6) is 0 Å². The van der Waals surface area contributed by atoms with Crippen LogP contribution in [0, 0.1) is 5.82 Å². The molecule has 2 amide bonds. The molecule has 2 N–H and O–H groups in total. The van der Waals surface area contributed by atoms with Gasteiger partial charge in [0.1, 0.15) is 5.82 Å². The fourth-order valence-corrected chi connectivity index (χ4v) is 2.93. The number of para-hydroxylation sites is 1. The fraction of sp³-hybridized carbons (Fsp3) is 0.136. The van der Waals surface area contributed by atoms with E-state index in [4.69, 9.17) is 0 Å². The van der Waals surface area contributed by atoms with Gasteiger partial charge >= 0.3 is 0 Å². The molecule has 6 heteroatoms. The minimum absolute atomic E-state index is 0.293. The van der Waals surface area contributed by atoms with Crippen molar-refractivity contribution < 1.29 is 14.0 Å². The minimum atomic E-state index is -0.590. The Balaban J connectivity index is 1.91. The number of carbonyl (C=O) groups excluding carboxylic acids is 2. The zero-order valence-corrected chi connectivity index (χ0v) is 15.4. The molecule has 0 bridgehead atoms. The van der Waals surface area contributed by atoms with Crippen LogP contribution >= 0.6 is 0 Å². The van der Waals surface area contributed by atoms with Gasteiger partial charge in [0.15, 0.2) is 0 Å². The van der Waals surface area contributed by atoms with E-state index in [9.17, 15) is 14.0 Å². The first-order valence-corrected chi connectivity index (χ1v) is 8.86. The van der Waals surface area contributed by atoms with Crippen LogP contribution in [0.25, 0.3) is 0 Å². The Hall–Kier alpha value is -3.54. The highest BCUT2D eigenvalue weighted by molar-refractivity contribution is 6.05. The third kappa shape index (κ3) is 4.59. The van der Waals surface area contributed by atoms with Gasteiger partial charge in [-0.2, -0.15) is 0 Å². The molecule has 0 radical (unpaired) electrons. The molecule has 0 fully saturated rings. The number of halogens is 1. The number of nitrogens with zero attached hydrogens (tertiary/aromatic N) is 1. The van der Waals surface area contributed by atoms with E-state index < -0.39 is 5.92 Å². The molecule has 0 spiro atoms. The van der Waals surface area contributed by atoms with Crippen LogP contribution in [0.4, 0.5) is 10.1 Å². The van der Waals surface area contributed by atoms with Crippen LogP contribution in [0.2, 0.25) is 0 Å². The van der Waals surface area contributed by atoms with Gasteiger partial charge in [0.05, 0.1) is 17.2 Å². The molecule has 0 aliphatic heterocycles. The predicted molar refractivity (Wildman–Crippen MR) is 106 cm³/mol. The molecule has 5 nitrogen and oxygen atoms in total. The molecule has 28 heavy (non-hydrogen) atoms. The molecule has 0 saturated carbocycles. The number of carbonyl (C=O) groups is 2. The number of hydrogen-bond donors (Lipinski definition) is 2. The molecule has 3 rings (SSSR count). The molecule has 1 atom stereocenters. The van der Waals surface area contributed by atoms with Crippen LogP contribution < -0.4 is 10.6 Å². The Morgan fingerprint density at radius 2 is 1.71 bits per heavy atom. The highest BCUT2D eigenvalue weighted by atomic mass is 19.1. The summed E-state index contributed by atoms with van der Waals surface area (Å²) < 4.78 is 13.3. The van der Waals surface area contributed by atoms with E-state index in [1.54, 1.807) is 48.7 Å². The van der Waals surface area contributed by atoms with Gasteiger partial charge in [0, 0.05) is 25.4 Å². The molecule has 1 unspecified atom stereocenters. The highest BCUT2D eigenvalue weighted by Crippen LogP contribution is 2.24. The predicted octanol–water partition coefficient (Wildman–Crippen LogP) is 3.55. The minimum Gasteiger partial charge on any atom is -0.355 e. The summed E-state index contributed by atoms with van der Waals surface area (Å²) in [6.07, 6.45) is 2.01. The first-order chi connectivity index (χ1) is 13.6. The van der Waals surface area contributed by atoms with Gasteiger partial charge in [0.25, 0.3) is 5.91 Å². The van der Waals surface area contributed by atoms with E-state index in [1.165, 1.54) is 19.2 Å². The molecule has 2 aromatic carbocycles. The summed E-state index contributed by atoms with van der Waals surface area (Å²) in [5.74, 6) is -1.55. The standard InChI is InChI=1S/C22H20FN3O2/c1-24-21(27)18-7-2-3-8-20(18)26-22(28)19(14-17-6-4-5-13-25-17)15-9-11-16(23)12-10-15/h2-13,19H,14H2,1H3,(H,24,27)(H,26,28). The third-order valence-electron chi connectivity index (χ3n) is 4.38. The van der Waals surface area contributed by atoms with E-state index in [2.05, 4.69) is 15.6 Å². The first kappa shape index (κ1) is 19.2. The fourth-order valence-electron chi connectivity index (χ4n) is 2.93. The zero-order valence-electron chi connectivity index (χ0n) is 15.4. The normalized spacial score (nSPS) is 11.5. The van der Waals surface area contributed by atoms with Crippen molar-refractivity contribution in [3.63, 3.8) is 0 Å². The summed E-state index contributed by atoms with van der Waals surface area (Å²) >= 11 is 0. The average Bonchev–Trinajstić information content (AvgIpc) is 2.73. The van der Waals surface area contributed by atoms with Gasteiger partial charge in [-0.3, -0.25) is 14.6 Å². The first-order valence-electron chi connectivity index (χ1n) is 8.86. The molecule has 142 valence electrons. The molecule has 1 aromatic heterocycles. The lowest BCUT2D eigenvalue weighted by molar-refractivity contribution is -0.117. The Labute approximate surface area is 162 Å². The lowest BCUT2D eigenvalue weighted by Crippen LogP contribution is -2.26. The number of pyridine rings is 1. The van der Waals surface area contributed by atoms with Crippen LogP contribution in [0.1, 0.15) is 27.5 Å². The second-order valence-corrected chi connectivity index (χ2v) is 6.24. The maximum Gasteiger partial charge on any atom is 0.253 e. The van der Waals surface area contributed by atoms with Crippen molar-refractivity contribution in [2.75, 3.05) is 12.4 Å². The molecule has 0 saturated heterocycles. The number of amides is 2. The van der Waals surface area contributed by atoms with Gasteiger partial charge in [0.2, 0.25) is 5.91 Å². The Morgan fingerprint density at radius 1 is 1.00 bits per heavy atom. The number of hydrogen-bond acceptors (Lipinski definition) is 3. The summed E-state index contributed by atoms with van der Waals surface area (Å²) in [4.78, 5) is 29.5. The number of anilines is 1. The topological polar surface area (TPSA) is 71.1 Å². The number of rotatable bonds is 6. The van der Waals surface area contributed by atoms with E-state index in [0.29, 0.717) is 23.2 Å². The van der Waals surface area contributed by atoms with Gasteiger partial charge in [-0.1, -0.05) is 30.3 Å². The SMILES string of the molecule is CNC(=O)c1ccccc1NC(=O)C(Cc1ccccn1)c1ccc(F)cc1. The Morgan fingerprint density at radius 3 is 2.39 bits per heavy atom. The molecule has 3 aromatic rings. The maximum atomic E-state index is 13.3. The van der Waals surface area contributed by atoms with Crippen molar-refractivity contribution >= 4 is 17.5 Å². The van der Waals surface area contributed by atoms with Gasteiger partial charge < -0.3 is 10.6 Å². The molecule has 0 aliphatic carbocycles. The van der Waals surface area contributed by atoms with Gasteiger partial charge in [-0.05, 0) is 42.0 Å². The summed E-state index contributed by atoms with van der Waals surface area (Å²) in [5, 5.41) is 5.40. The molecule has 0 aliphatic rings. The third-order valence-corrected chi connectivity index (χ3v) is 4.38. The number of aromatic nitrogens is 1. The lowest BCUT2D eigenvalue weighted by atomic mass is 9.92. The van der Waals surface area contributed by atoms with Crippen molar-refractivity contribution in [2.45, 2.75) is 12.3 Å². The van der Waals surface area contributed by atoms with Crippen molar-refractivity contribution in [2.24, 2.45) is 0 Å². The van der Waals surface area contributed by atoms with Crippen molar-refractivity contribution in [1.29, 1.82) is 0 Å². The van der Waals surface area contributed by atoms with Crippen LogP contribution in [-0.2, 0) is 11.2 Å². The summed E-state index contributed by atoms with van der Waals surface area (Å²) in [7, 11) is 1.53. The Kier molecular flexibility index (Phi) is 6.11. The second-order valence-electron chi connectivity index (χ2n) is 6.24. The summed E-state index contributed by atoms with van der Waals surface area (Å²) in [6, 6.07) is 18.1. The largest absolute Gasteiger partial charge is 0.355 e. The number of nitrogens with one attached hydrogen (secondary N) is 2. The van der Waals surface area contributed by atoms with Gasteiger partial charge in [-0.15, -0.1) is 0 Å². The van der Waals surface area contributed by atoms with Crippen molar-refractivity contribution in [1.82, 2.24) is 10.3 Å². The van der Waals surface area contributed by atoms with Crippen LogP contribution in [0.15, 0.2) is 72.9 Å². The summed E-state index contributed by atoms with van der Waals surface area (Å²) in [5.41, 5.74) is 2.20. The summed E-state index contributed by atoms with van der Waals surface area (Å²) in [6.45, 7) is 0. The van der Waals surface area contributed by atoms with E-state index in [1.807, 2.05) is 12.1 Å². The molecular weight excluding hydrogens is 357 g/mol. The number of benzene rings is 2. The van der Waals surface area contributed by atoms with E-state index >= 15 is 0 Å². The second kappa shape index (κ2) is 8.90. The van der Waals surface area contributed by atoms with E-state index in [-0.39, 0.29) is 17.6 Å². The zero-order chi connectivity index (χ0) is 19.9. The Bertz CT molecular complexity index is 959. The maximum absolute atomic E-state index is 13.3. The highest BCUT2D eigenvalue weighted by Gasteiger charge is 2.23. The smallest absolute Gasteiger partial charge is 0.253 e. The average molecular weight is 377 g/mol.